The Kier molecular flexibility index (Phi) is 5.75. The zero-order valence-corrected chi connectivity index (χ0v) is 13.4. The van der Waals surface area contributed by atoms with Crippen molar-refractivity contribution in [1.29, 1.82) is 0 Å². The lowest BCUT2D eigenvalue weighted by molar-refractivity contribution is -0.659. The summed E-state index contributed by atoms with van der Waals surface area (Å²) in [4.78, 5) is -0.154. The van der Waals surface area contributed by atoms with E-state index < -0.39 is 30.3 Å². The van der Waals surface area contributed by atoms with Crippen LogP contribution in [0.4, 0.5) is 0 Å². The Morgan fingerprint density at radius 1 is 0.875 bits per heavy atom. The van der Waals surface area contributed by atoms with Gasteiger partial charge in [0.1, 0.15) is 0 Å². The molecule has 0 atom stereocenters. The first kappa shape index (κ1) is 20.9. The molecule has 0 saturated carbocycles. The number of ether oxygens (including phenoxy) is 1. The van der Waals surface area contributed by atoms with Gasteiger partial charge in [-0.3, -0.25) is 4.74 Å². The van der Waals surface area contributed by atoms with Crippen LogP contribution in [0, 0.1) is 6.92 Å². The molecule has 0 unspecified atom stereocenters. The second-order valence-electron chi connectivity index (χ2n) is 5.16. The predicted octanol–water partition coefficient (Wildman–Crippen LogP) is -2.59. The van der Waals surface area contributed by atoms with E-state index in [9.17, 15) is 40.9 Å². The molecule has 0 aliphatic carbocycles. The maximum atomic E-state index is 9.77. The summed E-state index contributed by atoms with van der Waals surface area (Å²) >= 11 is 0. The van der Waals surface area contributed by atoms with Crippen molar-refractivity contribution < 1.29 is 45.6 Å². The van der Waals surface area contributed by atoms with E-state index in [1.807, 2.05) is 13.8 Å². The molecule has 1 aliphatic rings. The maximum Gasteiger partial charge on any atom is 0.356 e. The first-order valence-electron chi connectivity index (χ1n) is 7.14. The Morgan fingerprint density at radius 2 is 1.33 bits per heavy atom. The quantitative estimate of drug-likeness (QED) is 0.265. The lowest BCUT2D eigenvalue weighted by Gasteiger charge is -2.55. The number of aryl methyl sites for hydroxylation is 1. The van der Waals surface area contributed by atoms with Crippen molar-refractivity contribution >= 4 is 0 Å². The predicted molar refractivity (Wildman–Crippen MR) is 77.8 cm³/mol. The number of hydrogen-bond donors (Lipinski definition) is 8. The van der Waals surface area contributed by atoms with Crippen LogP contribution in [0.2, 0.25) is 0 Å². The summed E-state index contributed by atoms with van der Waals surface area (Å²) in [5.41, 5.74) is 1.03. The van der Waals surface area contributed by atoms with E-state index in [-0.39, 0.29) is 10.5 Å². The molecule has 138 valence electrons. The summed E-state index contributed by atoms with van der Waals surface area (Å²) in [6.07, 6.45) is 0. The zero-order chi connectivity index (χ0) is 19.0. The Hall–Kier alpha value is -1.18. The van der Waals surface area contributed by atoms with Gasteiger partial charge in [0, 0.05) is 6.54 Å². The average molecular weight is 349 g/mol. The fraction of sp³-hybridized carbons (Fsp3) is 0.571. The van der Waals surface area contributed by atoms with Gasteiger partial charge in [0.2, 0.25) is 0 Å². The van der Waals surface area contributed by atoms with Crippen LogP contribution in [-0.4, -0.2) is 69.5 Å². The molecule has 10 heteroatoms. The summed E-state index contributed by atoms with van der Waals surface area (Å²) in [6.45, 7) is 5.01. The second kappa shape index (κ2) is 6.61. The topological polar surface area (TPSA) is 174 Å². The average Bonchev–Trinajstić information content (AvgIpc) is 2.44. The van der Waals surface area contributed by atoms with Crippen molar-refractivity contribution in [3.8, 4) is 0 Å². The van der Waals surface area contributed by atoms with Gasteiger partial charge in [-0.25, -0.2) is 0 Å². The third-order valence-corrected chi connectivity index (χ3v) is 3.33. The van der Waals surface area contributed by atoms with Gasteiger partial charge in [0.05, 0.1) is 0 Å². The van der Waals surface area contributed by atoms with Gasteiger partial charge in [0.15, 0.2) is 0 Å². The minimum absolute atomic E-state index is 0.154. The summed E-state index contributed by atoms with van der Waals surface area (Å²) in [5.74, 6) is -15.4. The molecule has 0 spiro atoms. The van der Waals surface area contributed by atoms with Crippen LogP contribution in [0.3, 0.4) is 0 Å². The van der Waals surface area contributed by atoms with Crippen molar-refractivity contribution in [2.75, 3.05) is 0 Å². The van der Waals surface area contributed by atoms with Crippen LogP contribution in [0.5, 0.6) is 0 Å². The van der Waals surface area contributed by atoms with Crippen LogP contribution in [-0.2, 0) is 11.3 Å². The molecular formula is C14H23NO9. The molecule has 1 heterocycles. The standard InChI is InChI=1S/C12H17NO9.C2H6/c1-7-3-2-4-8(5-7)6-13-9(14,15)11(18,19)22-12(20,21)10(13,16)17;1-2/h2-5,14-21H,6H2,1H3;1-2H3. The highest BCUT2D eigenvalue weighted by Gasteiger charge is 2.74. The Bertz CT molecular complexity index is 545. The van der Waals surface area contributed by atoms with Gasteiger partial charge in [-0.1, -0.05) is 43.7 Å². The molecule has 1 aromatic rings. The molecule has 1 fully saturated rings. The third kappa shape index (κ3) is 3.43. The van der Waals surface area contributed by atoms with E-state index >= 15 is 0 Å². The Labute approximate surface area is 138 Å². The summed E-state index contributed by atoms with van der Waals surface area (Å²) < 4.78 is 3.76. The van der Waals surface area contributed by atoms with Crippen molar-refractivity contribution in [2.24, 2.45) is 0 Å². The second-order valence-corrected chi connectivity index (χ2v) is 5.16. The smallest absolute Gasteiger partial charge is 0.347 e. The molecule has 24 heavy (non-hydrogen) atoms. The van der Waals surface area contributed by atoms with E-state index in [2.05, 4.69) is 4.74 Å². The van der Waals surface area contributed by atoms with E-state index in [0.717, 1.165) is 5.56 Å². The van der Waals surface area contributed by atoms with Crippen LogP contribution in [0.1, 0.15) is 25.0 Å². The van der Waals surface area contributed by atoms with E-state index in [4.69, 9.17) is 0 Å². The number of nitrogens with zero attached hydrogens (tertiary/aromatic N) is 1. The highest BCUT2D eigenvalue weighted by Crippen LogP contribution is 2.42. The SMILES string of the molecule is CC.Cc1cccc(CN2C(O)(O)C(O)(O)OC(O)(O)C2(O)O)c1. The van der Waals surface area contributed by atoms with E-state index in [1.165, 1.54) is 12.1 Å². The van der Waals surface area contributed by atoms with Gasteiger partial charge < -0.3 is 40.9 Å². The minimum Gasteiger partial charge on any atom is -0.347 e. The summed E-state index contributed by atoms with van der Waals surface area (Å²) in [7, 11) is 0. The number of benzene rings is 1. The molecule has 0 bridgehead atoms. The maximum absolute atomic E-state index is 9.77. The molecule has 0 amide bonds. The summed E-state index contributed by atoms with van der Waals surface area (Å²) in [5, 5.41) is 76.8. The zero-order valence-electron chi connectivity index (χ0n) is 13.4. The largest absolute Gasteiger partial charge is 0.356 e. The Balaban J connectivity index is 0.00000139. The highest BCUT2D eigenvalue weighted by atomic mass is 16.9. The fourth-order valence-corrected chi connectivity index (χ4v) is 2.12. The van der Waals surface area contributed by atoms with Gasteiger partial charge in [0.25, 0.3) is 0 Å². The van der Waals surface area contributed by atoms with Crippen LogP contribution < -0.4 is 0 Å². The van der Waals surface area contributed by atoms with Crippen molar-refractivity contribution in [3.05, 3.63) is 35.4 Å². The molecule has 1 aromatic carbocycles. The molecule has 10 nitrogen and oxygen atoms in total. The number of rotatable bonds is 2. The van der Waals surface area contributed by atoms with Crippen molar-refractivity contribution in [1.82, 2.24) is 4.90 Å². The molecule has 0 aromatic heterocycles. The lowest BCUT2D eigenvalue weighted by Crippen LogP contribution is -2.83. The fourth-order valence-electron chi connectivity index (χ4n) is 2.12. The number of hydrogen-bond acceptors (Lipinski definition) is 10. The number of morpholine rings is 1. The molecule has 8 N–H and O–H groups in total. The monoisotopic (exact) mass is 349 g/mol. The van der Waals surface area contributed by atoms with Crippen LogP contribution in [0.25, 0.3) is 0 Å². The first-order valence-corrected chi connectivity index (χ1v) is 7.14. The highest BCUT2D eigenvalue weighted by molar-refractivity contribution is 5.22. The summed E-state index contributed by atoms with van der Waals surface area (Å²) in [6, 6.07) is 6.27. The molecule has 0 radical (unpaired) electrons. The van der Waals surface area contributed by atoms with Gasteiger partial charge in [-0.2, -0.15) is 4.90 Å². The first-order chi connectivity index (χ1) is 10.8. The van der Waals surface area contributed by atoms with E-state index in [0.29, 0.717) is 0 Å². The third-order valence-electron chi connectivity index (χ3n) is 3.33. The van der Waals surface area contributed by atoms with Gasteiger partial charge in [-0.05, 0) is 12.5 Å². The van der Waals surface area contributed by atoms with E-state index in [1.54, 1.807) is 19.1 Å². The van der Waals surface area contributed by atoms with Crippen molar-refractivity contribution in [3.63, 3.8) is 0 Å². The molecule has 1 saturated heterocycles. The van der Waals surface area contributed by atoms with Crippen LogP contribution in [0.15, 0.2) is 24.3 Å². The van der Waals surface area contributed by atoms with Gasteiger partial charge in [-0.15, -0.1) is 0 Å². The molecule has 2 rings (SSSR count). The molecular weight excluding hydrogens is 326 g/mol. The lowest BCUT2D eigenvalue weighted by atomic mass is 10.1. The van der Waals surface area contributed by atoms with Gasteiger partial charge >= 0.3 is 23.8 Å². The molecule has 1 aliphatic heterocycles. The Morgan fingerprint density at radius 3 is 1.75 bits per heavy atom. The number of aliphatic hydroxyl groups is 8. The van der Waals surface area contributed by atoms with Crippen molar-refractivity contribution in [2.45, 2.75) is 51.1 Å². The normalized spacial score (nSPS) is 24.0. The van der Waals surface area contributed by atoms with Crippen LogP contribution >= 0.6 is 0 Å². The minimum atomic E-state index is -3.92.